The van der Waals surface area contributed by atoms with Crippen LogP contribution in [0.5, 0.6) is 0 Å². The van der Waals surface area contributed by atoms with Crippen molar-refractivity contribution in [2.24, 2.45) is 59.2 Å². The summed E-state index contributed by atoms with van der Waals surface area (Å²) in [7, 11) is 0. The van der Waals surface area contributed by atoms with Crippen molar-refractivity contribution < 1.29 is 20.4 Å². The molecule has 0 aliphatic heterocycles. The predicted molar refractivity (Wildman–Crippen MR) is 142 cm³/mol. The maximum atomic E-state index is 11.5. The van der Waals surface area contributed by atoms with E-state index in [1.807, 2.05) is 0 Å². The van der Waals surface area contributed by atoms with Crippen LogP contribution >= 0.6 is 0 Å². The Bertz CT molecular complexity index is 600. The first-order chi connectivity index (χ1) is 16.6. The van der Waals surface area contributed by atoms with E-state index in [1.54, 1.807) is 0 Å². The fraction of sp³-hybridized carbons (Fsp3) is 1.00. The number of hydrogen-bond donors (Lipinski definition) is 4. The van der Waals surface area contributed by atoms with Crippen LogP contribution in [0.15, 0.2) is 0 Å². The average Bonchev–Trinajstić information content (AvgIpc) is 2.79. The SMILES string of the molecule is CC1CCC(O)C(CC2CC(C)CC(CC3CC(C)CC(CC4CC(C)CCC4O)C3O)C2O)C1. The van der Waals surface area contributed by atoms with Gasteiger partial charge in [-0.15, -0.1) is 0 Å². The van der Waals surface area contributed by atoms with Gasteiger partial charge >= 0.3 is 0 Å². The third-order valence-corrected chi connectivity index (χ3v) is 11.0. The first-order valence-corrected chi connectivity index (χ1v) is 15.3. The molecule has 4 N–H and O–H groups in total. The molecule has 0 amide bonds. The van der Waals surface area contributed by atoms with Gasteiger partial charge in [0.25, 0.3) is 0 Å². The van der Waals surface area contributed by atoms with Crippen molar-refractivity contribution >= 4 is 0 Å². The average molecular weight is 493 g/mol. The fourth-order valence-electron chi connectivity index (χ4n) is 9.17. The first kappa shape index (κ1) is 27.9. The topological polar surface area (TPSA) is 80.9 Å². The van der Waals surface area contributed by atoms with Gasteiger partial charge in [0.05, 0.1) is 24.4 Å². The van der Waals surface area contributed by atoms with E-state index in [-0.39, 0.29) is 48.1 Å². The van der Waals surface area contributed by atoms with Gasteiger partial charge in [0.15, 0.2) is 0 Å². The second-order valence-corrected chi connectivity index (χ2v) is 14.4. The van der Waals surface area contributed by atoms with Gasteiger partial charge < -0.3 is 20.4 Å². The monoisotopic (exact) mass is 492 g/mol. The van der Waals surface area contributed by atoms with Crippen LogP contribution in [-0.4, -0.2) is 44.8 Å². The highest BCUT2D eigenvalue weighted by Crippen LogP contribution is 2.47. The Morgan fingerprint density at radius 2 is 0.686 bits per heavy atom. The Labute approximate surface area is 215 Å². The molecule has 0 aromatic carbocycles. The third kappa shape index (κ3) is 7.03. The van der Waals surface area contributed by atoms with Crippen molar-refractivity contribution in [1.82, 2.24) is 0 Å². The smallest absolute Gasteiger partial charge is 0.0596 e. The van der Waals surface area contributed by atoms with Gasteiger partial charge in [-0.2, -0.15) is 0 Å². The van der Waals surface area contributed by atoms with Crippen molar-refractivity contribution in [1.29, 1.82) is 0 Å². The van der Waals surface area contributed by atoms with E-state index in [1.165, 1.54) is 0 Å². The quantitative estimate of drug-likeness (QED) is 0.378. The van der Waals surface area contributed by atoms with E-state index in [0.29, 0.717) is 35.5 Å². The van der Waals surface area contributed by atoms with Gasteiger partial charge in [0.2, 0.25) is 0 Å². The molecule has 4 nitrogen and oxygen atoms in total. The normalized spacial score (nSPS) is 51.8. The van der Waals surface area contributed by atoms with E-state index < -0.39 is 0 Å². The first-order valence-electron chi connectivity index (χ1n) is 15.3. The molecule has 4 saturated carbocycles. The lowest BCUT2D eigenvalue weighted by Gasteiger charge is -2.46. The second-order valence-electron chi connectivity index (χ2n) is 14.4. The van der Waals surface area contributed by atoms with Crippen LogP contribution in [0.4, 0.5) is 0 Å². The fourth-order valence-corrected chi connectivity index (χ4v) is 9.17. The molecule has 4 heteroatoms. The van der Waals surface area contributed by atoms with E-state index in [0.717, 1.165) is 83.5 Å². The van der Waals surface area contributed by atoms with E-state index in [9.17, 15) is 20.4 Å². The molecular formula is C31H56O4. The Hall–Kier alpha value is -0.160. The number of rotatable bonds is 6. The summed E-state index contributed by atoms with van der Waals surface area (Å²) in [5.74, 6) is 4.29. The Morgan fingerprint density at radius 3 is 1.03 bits per heavy atom. The summed E-state index contributed by atoms with van der Waals surface area (Å²) >= 11 is 0. The van der Waals surface area contributed by atoms with E-state index in [2.05, 4.69) is 27.7 Å². The molecule has 35 heavy (non-hydrogen) atoms. The molecular weight excluding hydrogens is 436 g/mol. The van der Waals surface area contributed by atoms with E-state index >= 15 is 0 Å². The lowest BCUT2D eigenvalue weighted by atomic mass is 9.62. The molecule has 4 aliphatic rings. The maximum absolute atomic E-state index is 11.5. The summed E-state index contributed by atoms with van der Waals surface area (Å²) in [6, 6.07) is 0. The molecule has 4 aliphatic carbocycles. The zero-order valence-corrected chi connectivity index (χ0v) is 23.1. The molecule has 0 heterocycles. The molecule has 0 aromatic rings. The third-order valence-electron chi connectivity index (χ3n) is 11.0. The van der Waals surface area contributed by atoms with Crippen molar-refractivity contribution in [2.75, 3.05) is 0 Å². The Balaban J connectivity index is 1.38. The molecule has 14 atom stereocenters. The highest BCUT2D eigenvalue weighted by atomic mass is 16.3. The predicted octanol–water partition coefficient (Wildman–Crippen LogP) is 5.80. The molecule has 0 aromatic heterocycles. The lowest BCUT2D eigenvalue weighted by molar-refractivity contribution is -0.0686. The highest BCUT2D eigenvalue weighted by molar-refractivity contribution is 4.94. The molecule has 204 valence electrons. The summed E-state index contributed by atoms with van der Waals surface area (Å²) < 4.78 is 0. The second kappa shape index (κ2) is 12.1. The minimum atomic E-state index is -0.306. The van der Waals surface area contributed by atoms with Gasteiger partial charge in [0, 0.05) is 0 Å². The summed E-state index contributed by atoms with van der Waals surface area (Å²) in [4.78, 5) is 0. The van der Waals surface area contributed by atoms with Crippen LogP contribution in [0, 0.1) is 59.2 Å². The minimum absolute atomic E-state index is 0.200. The van der Waals surface area contributed by atoms with Crippen molar-refractivity contribution in [3.63, 3.8) is 0 Å². The van der Waals surface area contributed by atoms with E-state index in [4.69, 9.17) is 0 Å². The lowest BCUT2D eigenvalue weighted by Crippen LogP contribution is -2.44. The number of hydrogen-bond acceptors (Lipinski definition) is 4. The molecule has 0 saturated heterocycles. The maximum Gasteiger partial charge on any atom is 0.0596 e. The molecule has 0 spiro atoms. The van der Waals surface area contributed by atoms with Gasteiger partial charge in [-0.25, -0.2) is 0 Å². The van der Waals surface area contributed by atoms with Gasteiger partial charge in [-0.1, -0.05) is 27.7 Å². The van der Waals surface area contributed by atoms with Crippen molar-refractivity contribution in [2.45, 2.75) is 136 Å². The molecule has 4 rings (SSSR count). The van der Waals surface area contributed by atoms with Gasteiger partial charge in [-0.3, -0.25) is 0 Å². The zero-order valence-electron chi connectivity index (χ0n) is 23.1. The zero-order chi connectivity index (χ0) is 25.3. The summed E-state index contributed by atoms with van der Waals surface area (Å²) in [6.45, 7) is 9.27. The molecule has 4 fully saturated rings. The van der Waals surface area contributed by atoms with Crippen LogP contribution in [0.1, 0.15) is 111 Å². The standard InChI is InChI=1S/C31H56O4/c1-18-5-7-28(32)22(9-18)15-24-11-20(3)13-26(30(24)34)17-27-14-21(4)12-25(31(27)35)16-23-10-19(2)6-8-29(23)33/h18-35H,5-17H2,1-4H3. The number of aliphatic hydroxyl groups excluding tert-OH is 4. The van der Waals surface area contributed by atoms with Crippen molar-refractivity contribution in [3.8, 4) is 0 Å². The Morgan fingerprint density at radius 1 is 0.400 bits per heavy atom. The minimum Gasteiger partial charge on any atom is -0.393 e. The van der Waals surface area contributed by atoms with Crippen LogP contribution in [0.3, 0.4) is 0 Å². The highest BCUT2D eigenvalue weighted by Gasteiger charge is 2.43. The summed E-state index contributed by atoms with van der Waals surface area (Å²) in [6.07, 6.45) is 12.3. The van der Waals surface area contributed by atoms with Crippen molar-refractivity contribution in [3.05, 3.63) is 0 Å². The van der Waals surface area contributed by atoms with Gasteiger partial charge in [0.1, 0.15) is 0 Å². The van der Waals surface area contributed by atoms with Crippen LogP contribution in [0.25, 0.3) is 0 Å². The molecule has 0 bridgehead atoms. The summed E-state index contributed by atoms with van der Waals surface area (Å²) in [5, 5.41) is 44.3. The Kier molecular flexibility index (Phi) is 9.66. The molecule has 14 unspecified atom stereocenters. The van der Waals surface area contributed by atoms with Gasteiger partial charge in [-0.05, 0) is 143 Å². The van der Waals surface area contributed by atoms with Crippen LogP contribution in [0.2, 0.25) is 0 Å². The largest absolute Gasteiger partial charge is 0.393 e. The van der Waals surface area contributed by atoms with Crippen LogP contribution < -0.4 is 0 Å². The van der Waals surface area contributed by atoms with Crippen LogP contribution in [-0.2, 0) is 0 Å². The molecule has 0 radical (unpaired) electrons. The number of aliphatic hydroxyl groups is 4. The summed E-state index contributed by atoms with van der Waals surface area (Å²) in [5.41, 5.74) is 0.